The van der Waals surface area contributed by atoms with Crippen molar-refractivity contribution in [1.82, 2.24) is 9.78 Å². The van der Waals surface area contributed by atoms with E-state index < -0.39 is 5.97 Å². The molecular formula is C20H17BrN2O3. The van der Waals surface area contributed by atoms with Crippen molar-refractivity contribution in [2.24, 2.45) is 0 Å². The molecule has 1 heterocycles. The predicted octanol–water partition coefficient (Wildman–Crippen LogP) is 4.63. The van der Waals surface area contributed by atoms with Crippen molar-refractivity contribution >= 4 is 21.9 Å². The number of carbonyl (C=O) groups excluding carboxylic acids is 1. The highest BCUT2D eigenvalue weighted by atomic mass is 79.9. The van der Waals surface area contributed by atoms with Gasteiger partial charge in [-0.2, -0.15) is 5.10 Å². The van der Waals surface area contributed by atoms with Gasteiger partial charge in [-0.15, -0.1) is 0 Å². The Kier molecular flexibility index (Phi) is 4.51. The number of benzene rings is 2. The molecule has 3 aromatic rings. The topological polar surface area (TPSA) is 53.4 Å². The van der Waals surface area contributed by atoms with E-state index in [0.29, 0.717) is 6.10 Å². The standard InChI is InChI=1S/C20H17BrN2O3/c1-25-20(24)17-12-19(23(22-17)18-8-3-2-7-16(18)21)13-5-4-6-15(11-13)26-14-9-10-14/h2-8,11-12,14H,9-10H2,1H3. The summed E-state index contributed by atoms with van der Waals surface area (Å²) in [5.74, 6) is 0.354. The van der Waals surface area contributed by atoms with E-state index in [1.54, 1.807) is 10.7 Å². The van der Waals surface area contributed by atoms with Crippen LogP contribution in [0.3, 0.4) is 0 Å². The summed E-state index contributed by atoms with van der Waals surface area (Å²) in [5.41, 5.74) is 2.80. The fourth-order valence-corrected chi connectivity index (χ4v) is 3.16. The lowest BCUT2D eigenvalue weighted by atomic mass is 10.1. The summed E-state index contributed by atoms with van der Waals surface area (Å²) in [4.78, 5) is 12.0. The van der Waals surface area contributed by atoms with Gasteiger partial charge in [0.05, 0.1) is 24.6 Å². The van der Waals surface area contributed by atoms with Gasteiger partial charge in [-0.05, 0) is 59.1 Å². The van der Waals surface area contributed by atoms with Gasteiger partial charge in [0, 0.05) is 10.0 Å². The zero-order valence-corrected chi connectivity index (χ0v) is 15.8. The fraction of sp³-hybridized carbons (Fsp3) is 0.200. The van der Waals surface area contributed by atoms with Crippen LogP contribution in [0.1, 0.15) is 23.3 Å². The van der Waals surface area contributed by atoms with Crippen molar-refractivity contribution in [3.8, 4) is 22.7 Å². The number of hydrogen-bond donors (Lipinski definition) is 0. The first kappa shape index (κ1) is 16.8. The SMILES string of the molecule is COC(=O)c1cc(-c2cccc(OC3CC3)c2)n(-c2ccccc2Br)n1. The van der Waals surface area contributed by atoms with Crippen LogP contribution in [0.25, 0.3) is 16.9 Å². The molecule has 26 heavy (non-hydrogen) atoms. The molecule has 6 heteroatoms. The fourth-order valence-electron chi connectivity index (χ4n) is 2.71. The van der Waals surface area contributed by atoms with Crippen molar-refractivity contribution in [3.05, 3.63) is 64.8 Å². The summed E-state index contributed by atoms with van der Waals surface area (Å²) < 4.78 is 13.4. The van der Waals surface area contributed by atoms with Gasteiger partial charge in [-0.1, -0.05) is 24.3 Å². The number of esters is 1. The molecule has 0 unspecified atom stereocenters. The number of carbonyl (C=O) groups is 1. The van der Waals surface area contributed by atoms with Crippen LogP contribution in [0.15, 0.2) is 59.1 Å². The molecule has 1 aromatic heterocycles. The van der Waals surface area contributed by atoms with E-state index in [4.69, 9.17) is 9.47 Å². The van der Waals surface area contributed by atoms with Crippen LogP contribution in [-0.4, -0.2) is 29.0 Å². The van der Waals surface area contributed by atoms with E-state index in [-0.39, 0.29) is 5.69 Å². The summed E-state index contributed by atoms with van der Waals surface area (Å²) in [7, 11) is 1.35. The van der Waals surface area contributed by atoms with E-state index >= 15 is 0 Å². The van der Waals surface area contributed by atoms with Crippen LogP contribution >= 0.6 is 15.9 Å². The van der Waals surface area contributed by atoms with Crippen LogP contribution in [-0.2, 0) is 4.74 Å². The predicted molar refractivity (Wildman–Crippen MR) is 102 cm³/mol. The Bertz CT molecular complexity index is 963. The highest BCUT2D eigenvalue weighted by molar-refractivity contribution is 9.10. The van der Waals surface area contributed by atoms with E-state index in [2.05, 4.69) is 21.0 Å². The van der Waals surface area contributed by atoms with Crippen LogP contribution in [0.4, 0.5) is 0 Å². The summed E-state index contributed by atoms with van der Waals surface area (Å²) in [5, 5.41) is 4.46. The maximum atomic E-state index is 12.0. The minimum Gasteiger partial charge on any atom is -0.490 e. The van der Waals surface area contributed by atoms with Gasteiger partial charge >= 0.3 is 5.97 Å². The van der Waals surface area contributed by atoms with Crippen molar-refractivity contribution < 1.29 is 14.3 Å². The maximum Gasteiger partial charge on any atom is 0.358 e. The maximum absolute atomic E-state index is 12.0. The van der Waals surface area contributed by atoms with Gasteiger partial charge in [0.15, 0.2) is 5.69 Å². The molecule has 0 radical (unpaired) electrons. The zero-order chi connectivity index (χ0) is 18.1. The lowest BCUT2D eigenvalue weighted by Crippen LogP contribution is -2.05. The molecule has 1 saturated carbocycles. The van der Waals surface area contributed by atoms with Crippen LogP contribution in [0.5, 0.6) is 5.75 Å². The normalized spacial score (nSPS) is 13.5. The minimum atomic E-state index is -0.470. The van der Waals surface area contributed by atoms with Crippen molar-refractivity contribution in [3.63, 3.8) is 0 Å². The molecular weight excluding hydrogens is 396 g/mol. The summed E-state index contributed by atoms with van der Waals surface area (Å²) in [6.07, 6.45) is 2.53. The number of methoxy groups -OCH3 is 1. The Morgan fingerprint density at radius 1 is 1.15 bits per heavy atom. The summed E-state index contributed by atoms with van der Waals surface area (Å²) in [6.45, 7) is 0. The molecule has 0 atom stereocenters. The van der Waals surface area contributed by atoms with E-state index in [0.717, 1.165) is 40.0 Å². The molecule has 0 amide bonds. The van der Waals surface area contributed by atoms with E-state index in [1.807, 2.05) is 48.5 Å². The number of rotatable bonds is 5. The molecule has 0 saturated heterocycles. The number of aromatic nitrogens is 2. The van der Waals surface area contributed by atoms with Crippen LogP contribution in [0.2, 0.25) is 0 Å². The van der Waals surface area contributed by atoms with E-state index in [1.165, 1.54) is 7.11 Å². The highest BCUT2D eigenvalue weighted by Crippen LogP contribution is 2.32. The third kappa shape index (κ3) is 3.37. The number of halogens is 1. The Hall–Kier alpha value is -2.60. The second kappa shape index (κ2) is 6.96. The number of para-hydroxylation sites is 1. The highest BCUT2D eigenvalue weighted by Gasteiger charge is 2.24. The molecule has 1 aliphatic rings. The molecule has 0 N–H and O–H groups in total. The van der Waals surface area contributed by atoms with Gasteiger partial charge in [-0.3, -0.25) is 0 Å². The molecule has 132 valence electrons. The molecule has 5 nitrogen and oxygen atoms in total. The monoisotopic (exact) mass is 412 g/mol. The van der Waals surface area contributed by atoms with Gasteiger partial charge in [-0.25, -0.2) is 9.48 Å². The van der Waals surface area contributed by atoms with Crippen LogP contribution < -0.4 is 4.74 Å². The minimum absolute atomic E-state index is 0.256. The van der Waals surface area contributed by atoms with Crippen LogP contribution in [0, 0.1) is 0 Å². The first-order valence-corrected chi connectivity index (χ1v) is 9.15. The molecule has 0 spiro atoms. The smallest absolute Gasteiger partial charge is 0.358 e. The molecule has 2 aromatic carbocycles. The molecule has 4 rings (SSSR count). The van der Waals surface area contributed by atoms with Gasteiger partial charge in [0.2, 0.25) is 0 Å². The second-order valence-corrected chi connectivity index (χ2v) is 6.97. The third-order valence-electron chi connectivity index (χ3n) is 4.14. The summed E-state index contributed by atoms with van der Waals surface area (Å²) >= 11 is 3.56. The van der Waals surface area contributed by atoms with Gasteiger partial charge in [0.1, 0.15) is 5.75 Å². The lowest BCUT2D eigenvalue weighted by Gasteiger charge is -2.11. The molecule has 1 fully saturated rings. The first-order valence-electron chi connectivity index (χ1n) is 8.36. The Labute approximate surface area is 159 Å². The largest absolute Gasteiger partial charge is 0.490 e. The van der Waals surface area contributed by atoms with Gasteiger partial charge in [0.25, 0.3) is 0 Å². The van der Waals surface area contributed by atoms with Crippen molar-refractivity contribution in [2.75, 3.05) is 7.11 Å². The second-order valence-electron chi connectivity index (χ2n) is 6.11. The zero-order valence-electron chi connectivity index (χ0n) is 14.2. The molecule has 0 aliphatic heterocycles. The van der Waals surface area contributed by atoms with Crippen molar-refractivity contribution in [2.45, 2.75) is 18.9 Å². The Morgan fingerprint density at radius 3 is 2.69 bits per heavy atom. The molecule has 1 aliphatic carbocycles. The number of hydrogen-bond acceptors (Lipinski definition) is 4. The Morgan fingerprint density at radius 2 is 1.96 bits per heavy atom. The Balaban J connectivity index is 1.82. The average molecular weight is 413 g/mol. The number of nitrogens with zero attached hydrogens (tertiary/aromatic N) is 2. The first-order chi connectivity index (χ1) is 12.7. The van der Waals surface area contributed by atoms with Gasteiger partial charge < -0.3 is 9.47 Å². The quantitative estimate of drug-likeness (QED) is 0.573. The average Bonchev–Trinajstić information content (AvgIpc) is 3.36. The molecule has 0 bridgehead atoms. The number of ether oxygens (including phenoxy) is 2. The van der Waals surface area contributed by atoms with Crippen molar-refractivity contribution in [1.29, 1.82) is 0 Å². The van der Waals surface area contributed by atoms with E-state index in [9.17, 15) is 4.79 Å². The lowest BCUT2D eigenvalue weighted by molar-refractivity contribution is 0.0593. The third-order valence-corrected chi connectivity index (χ3v) is 4.81. The summed E-state index contributed by atoms with van der Waals surface area (Å²) in [6, 6.07) is 17.3.